The summed E-state index contributed by atoms with van der Waals surface area (Å²) in [4.78, 5) is 0. The molecule has 0 radical (unpaired) electrons. The third-order valence-electron chi connectivity index (χ3n) is 2.79. The van der Waals surface area contributed by atoms with Gasteiger partial charge in [-0.2, -0.15) is 17.4 Å². The first kappa shape index (κ1) is 19.8. The molecule has 1 atom stereocenters. The Balaban J connectivity index is 4.07. The van der Waals surface area contributed by atoms with E-state index in [2.05, 4.69) is 23.9 Å². The van der Waals surface area contributed by atoms with Crippen LogP contribution in [0.25, 0.3) is 0 Å². The van der Waals surface area contributed by atoms with Crippen molar-refractivity contribution in [3.05, 3.63) is 0 Å². The van der Waals surface area contributed by atoms with Gasteiger partial charge in [-0.05, 0) is 13.0 Å². The average molecular weight is 311 g/mol. The first-order valence-electron chi connectivity index (χ1n) is 6.79. The van der Waals surface area contributed by atoms with Crippen molar-refractivity contribution in [3.63, 3.8) is 0 Å². The normalized spacial score (nSPS) is 14.2. The van der Waals surface area contributed by atoms with Gasteiger partial charge < -0.3 is 14.8 Å². The van der Waals surface area contributed by atoms with E-state index in [1.165, 1.54) is 11.4 Å². The maximum atomic E-state index is 12.0. The second-order valence-electron chi connectivity index (χ2n) is 4.95. The molecule has 2 N–H and O–H groups in total. The van der Waals surface area contributed by atoms with E-state index in [0.717, 1.165) is 13.0 Å². The van der Waals surface area contributed by atoms with Crippen molar-refractivity contribution in [3.8, 4) is 0 Å². The molecule has 0 fully saturated rings. The van der Waals surface area contributed by atoms with Crippen LogP contribution >= 0.6 is 0 Å². The van der Waals surface area contributed by atoms with Gasteiger partial charge in [-0.3, -0.25) is 0 Å². The summed E-state index contributed by atoms with van der Waals surface area (Å²) in [6, 6.07) is 0.409. The van der Waals surface area contributed by atoms with Crippen molar-refractivity contribution in [2.24, 2.45) is 0 Å². The monoisotopic (exact) mass is 311 g/mol. The molecule has 0 aliphatic carbocycles. The molecule has 0 amide bonds. The molecule has 0 aliphatic heterocycles. The molecular weight excluding hydrogens is 282 g/mol. The fourth-order valence-electron chi connectivity index (χ4n) is 1.52. The lowest BCUT2D eigenvalue weighted by molar-refractivity contribution is 0.0318. The topological polar surface area (TPSA) is 79.9 Å². The second-order valence-corrected chi connectivity index (χ2v) is 6.81. The van der Waals surface area contributed by atoms with Gasteiger partial charge in [-0.15, -0.1) is 0 Å². The van der Waals surface area contributed by atoms with Gasteiger partial charge in [0.1, 0.15) is 0 Å². The molecule has 122 valence electrons. The summed E-state index contributed by atoms with van der Waals surface area (Å²) < 4.78 is 37.8. The van der Waals surface area contributed by atoms with Crippen LogP contribution < -0.4 is 10.0 Å². The van der Waals surface area contributed by atoms with Crippen molar-refractivity contribution < 1.29 is 17.9 Å². The zero-order chi connectivity index (χ0) is 15.6. The van der Waals surface area contributed by atoms with Crippen LogP contribution in [0.2, 0.25) is 0 Å². The summed E-state index contributed by atoms with van der Waals surface area (Å²) >= 11 is 0. The molecule has 20 heavy (non-hydrogen) atoms. The lowest BCUT2D eigenvalue weighted by Crippen LogP contribution is -2.43. The Hall–Kier alpha value is -0.250. The molecule has 0 saturated heterocycles. The van der Waals surface area contributed by atoms with Gasteiger partial charge in [0.15, 0.2) is 0 Å². The summed E-state index contributed by atoms with van der Waals surface area (Å²) in [6.07, 6.45) is 0.479. The van der Waals surface area contributed by atoms with Crippen molar-refractivity contribution in [2.45, 2.75) is 32.4 Å². The largest absolute Gasteiger partial charge is 0.382 e. The smallest absolute Gasteiger partial charge is 0.279 e. The molecular formula is C12H29N3O4S. The third kappa shape index (κ3) is 8.83. The highest BCUT2D eigenvalue weighted by molar-refractivity contribution is 7.87. The molecule has 0 saturated carbocycles. The highest BCUT2D eigenvalue weighted by Gasteiger charge is 2.19. The van der Waals surface area contributed by atoms with E-state index >= 15 is 0 Å². The van der Waals surface area contributed by atoms with Crippen LogP contribution in [0.5, 0.6) is 0 Å². The van der Waals surface area contributed by atoms with Crippen LogP contribution in [0.4, 0.5) is 0 Å². The molecule has 0 rings (SSSR count). The molecule has 7 nitrogen and oxygen atoms in total. The summed E-state index contributed by atoms with van der Waals surface area (Å²) in [7, 11) is 1.18. The second kappa shape index (κ2) is 10.5. The first-order valence-corrected chi connectivity index (χ1v) is 8.23. The van der Waals surface area contributed by atoms with E-state index < -0.39 is 10.2 Å². The van der Waals surface area contributed by atoms with Gasteiger partial charge in [0.05, 0.1) is 12.7 Å². The minimum absolute atomic E-state index is 0.196. The summed E-state index contributed by atoms with van der Waals surface area (Å²) in [6.45, 7) is 5.92. The van der Waals surface area contributed by atoms with Crippen molar-refractivity contribution in [1.29, 1.82) is 0 Å². The SMILES string of the molecule is COCC(CNS(=O)(=O)N(C)CCCNC(C)C)OC. The quantitative estimate of drug-likeness (QED) is 0.488. The van der Waals surface area contributed by atoms with Crippen LogP contribution in [0, 0.1) is 0 Å². The Labute approximate surface area is 123 Å². The van der Waals surface area contributed by atoms with Crippen LogP contribution in [-0.4, -0.2) is 72.4 Å². The van der Waals surface area contributed by atoms with Crippen LogP contribution in [0.1, 0.15) is 20.3 Å². The van der Waals surface area contributed by atoms with E-state index in [1.807, 2.05) is 0 Å². The molecule has 0 spiro atoms. The van der Waals surface area contributed by atoms with Gasteiger partial charge in [0.2, 0.25) is 0 Å². The number of hydrogen-bond donors (Lipinski definition) is 2. The van der Waals surface area contributed by atoms with E-state index in [0.29, 0.717) is 19.2 Å². The fourth-order valence-corrected chi connectivity index (χ4v) is 2.50. The fraction of sp³-hybridized carbons (Fsp3) is 1.00. The Morgan fingerprint density at radius 3 is 2.40 bits per heavy atom. The Bertz CT molecular complexity index is 336. The maximum absolute atomic E-state index is 12.0. The summed E-state index contributed by atoms with van der Waals surface area (Å²) in [5.41, 5.74) is 0. The Morgan fingerprint density at radius 1 is 1.25 bits per heavy atom. The Kier molecular flexibility index (Phi) is 10.3. The zero-order valence-corrected chi connectivity index (χ0v) is 14.0. The molecule has 8 heteroatoms. The summed E-state index contributed by atoms with van der Waals surface area (Å²) in [5.74, 6) is 0. The number of nitrogens with zero attached hydrogens (tertiary/aromatic N) is 1. The standard InChI is InChI=1S/C12H29N3O4S/c1-11(2)13-7-6-8-15(3)20(16,17)14-9-12(19-5)10-18-4/h11-14H,6-10H2,1-5H3. The van der Waals surface area contributed by atoms with E-state index in [9.17, 15) is 8.42 Å². The summed E-state index contributed by atoms with van der Waals surface area (Å²) in [5, 5.41) is 3.25. The Morgan fingerprint density at radius 2 is 1.90 bits per heavy atom. The molecule has 0 aromatic rings. The molecule has 0 aliphatic rings. The van der Waals surface area contributed by atoms with E-state index in [1.54, 1.807) is 14.2 Å². The van der Waals surface area contributed by atoms with Crippen LogP contribution in [0.3, 0.4) is 0 Å². The molecule has 0 bridgehead atoms. The maximum Gasteiger partial charge on any atom is 0.279 e. The number of ether oxygens (including phenoxy) is 2. The number of methoxy groups -OCH3 is 2. The van der Waals surface area contributed by atoms with Crippen LogP contribution in [0.15, 0.2) is 0 Å². The van der Waals surface area contributed by atoms with Gasteiger partial charge in [-0.25, -0.2) is 0 Å². The van der Waals surface area contributed by atoms with Gasteiger partial charge in [0, 0.05) is 40.4 Å². The van der Waals surface area contributed by atoms with Gasteiger partial charge >= 0.3 is 0 Å². The lowest BCUT2D eigenvalue weighted by Gasteiger charge is -2.20. The van der Waals surface area contributed by atoms with Crippen molar-refractivity contribution in [2.75, 3.05) is 47.5 Å². The molecule has 0 aromatic carbocycles. The highest BCUT2D eigenvalue weighted by Crippen LogP contribution is 1.97. The van der Waals surface area contributed by atoms with Crippen molar-refractivity contribution in [1.82, 2.24) is 14.3 Å². The molecule has 0 heterocycles. The van der Waals surface area contributed by atoms with E-state index in [-0.39, 0.29) is 12.6 Å². The van der Waals surface area contributed by atoms with E-state index in [4.69, 9.17) is 9.47 Å². The molecule has 0 aromatic heterocycles. The average Bonchev–Trinajstić information content (AvgIpc) is 2.39. The number of rotatable bonds is 12. The predicted molar refractivity (Wildman–Crippen MR) is 80.0 cm³/mol. The van der Waals surface area contributed by atoms with Gasteiger partial charge in [-0.1, -0.05) is 13.8 Å². The number of nitrogens with one attached hydrogen (secondary N) is 2. The minimum atomic E-state index is -3.46. The predicted octanol–water partition coefficient (Wildman–Crippen LogP) is -0.198. The lowest BCUT2D eigenvalue weighted by atomic mass is 10.3. The minimum Gasteiger partial charge on any atom is -0.382 e. The van der Waals surface area contributed by atoms with Gasteiger partial charge in [0.25, 0.3) is 10.2 Å². The highest BCUT2D eigenvalue weighted by atomic mass is 32.2. The molecule has 1 unspecified atom stereocenters. The number of hydrogen-bond acceptors (Lipinski definition) is 5. The zero-order valence-electron chi connectivity index (χ0n) is 13.2. The third-order valence-corrected chi connectivity index (χ3v) is 4.33. The van der Waals surface area contributed by atoms with Crippen molar-refractivity contribution >= 4 is 10.2 Å². The first-order chi connectivity index (χ1) is 9.33. The van der Waals surface area contributed by atoms with Crippen LogP contribution in [-0.2, 0) is 19.7 Å².